The zero-order valence-corrected chi connectivity index (χ0v) is 31.9. The third-order valence-electron chi connectivity index (χ3n) is 13.2. The van der Waals surface area contributed by atoms with Crippen molar-refractivity contribution in [2.75, 3.05) is 44.7 Å². The van der Waals surface area contributed by atoms with Crippen molar-refractivity contribution in [1.82, 2.24) is 29.5 Å². The van der Waals surface area contributed by atoms with Gasteiger partial charge in [0.2, 0.25) is 6.43 Å². The van der Waals surface area contributed by atoms with Gasteiger partial charge in [0.25, 0.3) is 0 Å². The summed E-state index contributed by atoms with van der Waals surface area (Å²) in [4.78, 5) is 17.5. The molecular formula is C43H51F4N7. The Morgan fingerprint density at radius 3 is 2.39 bits per heavy atom. The first-order valence-electron chi connectivity index (χ1n) is 20.1. The Morgan fingerprint density at radius 1 is 0.907 bits per heavy atom. The Bertz CT molecular complexity index is 2220. The van der Waals surface area contributed by atoms with E-state index in [4.69, 9.17) is 15.1 Å². The third kappa shape index (κ3) is 6.14. The molecule has 5 heterocycles. The number of likely N-dealkylation sites (tertiary alicyclic amines) is 2. The van der Waals surface area contributed by atoms with Gasteiger partial charge in [0.05, 0.1) is 5.39 Å². The smallest absolute Gasteiger partial charge is 0.241 e. The highest BCUT2D eigenvalue weighted by molar-refractivity contribution is 6.18. The number of hydrogen-bond donors (Lipinski definition) is 0. The summed E-state index contributed by atoms with van der Waals surface area (Å²) in [5, 5.41) is 7.83. The van der Waals surface area contributed by atoms with Crippen LogP contribution in [0.3, 0.4) is 0 Å². The fourth-order valence-corrected chi connectivity index (χ4v) is 10.4. The van der Waals surface area contributed by atoms with E-state index in [0.29, 0.717) is 77.6 Å². The van der Waals surface area contributed by atoms with Gasteiger partial charge in [-0.05, 0) is 111 Å². The number of piperazine rings is 1. The molecule has 3 saturated heterocycles. The van der Waals surface area contributed by atoms with Crippen LogP contribution in [-0.4, -0.2) is 87.8 Å². The maximum absolute atomic E-state index is 17.9. The van der Waals surface area contributed by atoms with Gasteiger partial charge in [-0.25, -0.2) is 27.5 Å². The van der Waals surface area contributed by atoms with E-state index < -0.39 is 18.2 Å². The number of rotatable bonds is 9. The number of piperidine rings is 1. The van der Waals surface area contributed by atoms with Crippen molar-refractivity contribution in [1.29, 1.82) is 0 Å². The highest BCUT2D eigenvalue weighted by atomic mass is 19.3. The zero-order chi connectivity index (χ0) is 37.4. The minimum atomic E-state index is -2.38. The molecule has 4 fully saturated rings. The van der Waals surface area contributed by atoms with Crippen molar-refractivity contribution in [3.8, 4) is 11.1 Å². The first kappa shape index (κ1) is 35.8. The van der Waals surface area contributed by atoms with Crippen LogP contribution < -0.4 is 4.90 Å². The Kier molecular flexibility index (Phi) is 9.31. The van der Waals surface area contributed by atoms with Crippen LogP contribution in [-0.2, 0) is 19.9 Å². The van der Waals surface area contributed by atoms with Crippen molar-refractivity contribution in [2.45, 2.75) is 90.1 Å². The van der Waals surface area contributed by atoms with Crippen LogP contribution in [0.25, 0.3) is 43.7 Å². The third-order valence-corrected chi connectivity index (χ3v) is 13.2. The maximum Gasteiger partial charge on any atom is 0.241 e. The number of fused-ring (bicyclic) bond motifs is 6. The lowest BCUT2D eigenvalue weighted by molar-refractivity contribution is -0.000715. The number of benzene rings is 3. The molecule has 5 aromatic rings. The Labute approximate surface area is 314 Å². The molecule has 3 aliphatic heterocycles. The Balaban J connectivity index is 1.24. The van der Waals surface area contributed by atoms with E-state index in [9.17, 15) is 8.78 Å². The molecule has 0 N–H and O–H groups in total. The molecule has 286 valence electrons. The molecule has 4 unspecified atom stereocenters. The lowest BCUT2D eigenvalue weighted by Crippen LogP contribution is -2.55. The molecule has 11 heteroatoms. The fourth-order valence-electron chi connectivity index (χ4n) is 10.4. The molecule has 2 aromatic heterocycles. The molecule has 3 aromatic carbocycles. The lowest BCUT2D eigenvalue weighted by Gasteiger charge is -2.44. The predicted octanol–water partition coefficient (Wildman–Crippen LogP) is 8.70. The van der Waals surface area contributed by atoms with Crippen LogP contribution in [0, 0.1) is 36.3 Å². The molecule has 2 bridgehead atoms. The van der Waals surface area contributed by atoms with Gasteiger partial charge in [0.15, 0.2) is 5.82 Å². The minimum absolute atomic E-state index is 0.208. The summed E-state index contributed by atoms with van der Waals surface area (Å²) in [6.07, 6.45) is 7.34. The van der Waals surface area contributed by atoms with Crippen molar-refractivity contribution < 1.29 is 17.6 Å². The monoisotopic (exact) mass is 741 g/mol. The lowest BCUT2D eigenvalue weighted by atomic mass is 9.83. The molecule has 4 atom stereocenters. The van der Waals surface area contributed by atoms with Crippen molar-refractivity contribution in [3.63, 3.8) is 0 Å². The quantitative estimate of drug-likeness (QED) is 0.141. The van der Waals surface area contributed by atoms with Crippen LogP contribution in [0.5, 0.6) is 0 Å². The summed E-state index contributed by atoms with van der Waals surface area (Å²) in [5.74, 6) is 0.287. The SMILES string of the molecule is CCc1c(F)ccc2cc(C)cc(-c3c(F)c4nc(CCC5CN(C)CCC5C(F)F)nc(N5C6CCC5CN(CC5CCC5)C6)c4c4cn(C)nc34)c12. The number of alkyl halides is 2. The van der Waals surface area contributed by atoms with Gasteiger partial charge >= 0.3 is 0 Å². The first-order valence-corrected chi connectivity index (χ1v) is 20.1. The van der Waals surface area contributed by atoms with E-state index >= 15 is 8.78 Å². The molecular weight excluding hydrogens is 691 g/mol. The van der Waals surface area contributed by atoms with Gasteiger partial charge in [-0.15, -0.1) is 0 Å². The van der Waals surface area contributed by atoms with Gasteiger partial charge in [0, 0.05) is 74.8 Å². The van der Waals surface area contributed by atoms with Crippen molar-refractivity contribution >= 4 is 38.4 Å². The maximum atomic E-state index is 17.9. The van der Waals surface area contributed by atoms with Crippen LogP contribution in [0.15, 0.2) is 30.5 Å². The van der Waals surface area contributed by atoms with E-state index in [-0.39, 0.29) is 29.3 Å². The second-order valence-electron chi connectivity index (χ2n) is 16.9. The number of anilines is 1. The number of aromatic nitrogens is 4. The summed E-state index contributed by atoms with van der Waals surface area (Å²) in [5.41, 5.74) is 3.10. The van der Waals surface area contributed by atoms with E-state index in [2.05, 4.69) is 14.7 Å². The highest BCUT2D eigenvalue weighted by Gasteiger charge is 2.43. The fraction of sp³-hybridized carbons (Fsp3) is 0.558. The van der Waals surface area contributed by atoms with Gasteiger partial charge in [-0.2, -0.15) is 5.10 Å². The van der Waals surface area contributed by atoms with Gasteiger partial charge in [-0.1, -0.05) is 31.5 Å². The Hall–Kier alpha value is -3.83. The molecule has 1 saturated carbocycles. The number of nitrogens with zero attached hydrogens (tertiary/aromatic N) is 7. The highest BCUT2D eigenvalue weighted by Crippen LogP contribution is 2.46. The minimum Gasteiger partial charge on any atom is -0.347 e. The largest absolute Gasteiger partial charge is 0.347 e. The second-order valence-corrected chi connectivity index (χ2v) is 16.9. The number of halogens is 4. The van der Waals surface area contributed by atoms with Crippen LogP contribution in [0.4, 0.5) is 23.4 Å². The van der Waals surface area contributed by atoms with Crippen molar-refractivity contribution in [2.24, 2.45) is 24.8 Å². The molecule has 4 aliphatic rings. The van der Waals surface area contributed by atoms with Crippen LogP contribution >= 0.6 is 0 Å². The van der Waals surface area contributed by atoms with Gasteiger partial charge < -0.3 is 9.80 Å². The number of aryl methyl sites for hydroxylation is 4. The molecule has 0 amide bonds. The topological polar surface area (TPSA) is 53.3 Å². The van der Waals surface area contributed by atoms with E-state index in [1.807, 2.05) is 46.3 Å². The first-order chi connectivity index (χ1) is 26.1. The van der Waals surface area contributed by atoms with Crippen LogP contribution in [0.1, 0.15) is 68.8 Å². The second kappa shape index (κ2) is 14.0. The summed E-state index contributed by atoms with van der Waals surface area (Å²) in [6, 6.07) is 7.68. The van der Waals surface area contributed by atoms with Crippen molar-refractivity contribution in [3.05, 3.63) is 59.0 Å². The normalized spacial score (nSPS) is 24.1. The molecule has 1 aliphatic carbocycles. The van der Waals surface area contributed by atoms with E-state index in [1.165, 1.54) is 25.3 Å². The average Bonchev–Trinajstić information content (AvgIpc) is 3.63. The van der Waals surface area contributed by atoms with E-state index in [1.54, 1.807) is 10.7 Å². The molecule has 0 spiro atoms. The molecule has 9 rings (SSSR count). The van der Waals surface area contributed by atoms with E-state index in [0.717, 1.165) is 60.5 Å². The zero-order valence-electron chi connectivity index (χ0n) is 31.9. The summed E-state index contributed by atoms with van der Waals surface area (Å²) in [7, 11) is 3.83. The van der Waals surface area contributed by atoms with Gasteiger partial charge in [0.1, 0.15) is 28.5 Å². The molecule has 0 radical (unpaired) electrons. The summed E-state index contributed by atoms with van der Waals surface area (Å²) >= 11 is 0. The summed E-state index contributed by atoms with van der Waals surface area (Å²) < 4.78 is 63.6. The Morgan fingerprint density at radius 2 is 1.69 bits per heavy atom. The average molecular weight is 742 g/mol. The van der Waals surface area contributed by atoms with Gasteiger partial charge in [-0.3, -0.25) is 9.58 Å². The van der Waals surface area contributed by atoms with Crippen LogP contribution in [0.2, 0.25) is 0 Å². The number of hydrogen-bond acceptors (Lipinski definition) is 6. The molecule has 7 nitrogen and oxygen atoms in total. The standard InChI is InChI=1S/C43H51F4N7/c1-5-30-34(44)13-9-26-17-24(2)18-32(36(26)30)37-39(45)41-38(33-23-52(4)50-40(33)37)43(54-28-11-12-29(54)22-53(21-28)19-25-7-6-8-25)49-35(48-41)14-10-27-20-51(3)16-15-31(27)42(46)47/h9,13,17-18,23,25,27-29,31,42H,5-8,10-12,14-16,19-22H2,1-4H3. The molecule has 54 heavy (non-hydrogen) atoms. The predicted molar refractivity (Wildman–Crippen MR) is 207 cm³/mol. The summed E-state index contributed by atoms with van der Waals surface area (Å²) in [6.45, 7) is 8.15.